The summed E-state index contributed by atoms with van der Waals surface area (Å²) in [6, 6.07) is 11.0. The highest BCUT2D eigenvalue weighted by molar-refractivity contribution is 7.81. The van der Waals surface area contributed by atoms with Crippen LogP contribution >= 0.6 is 12.6 Å². The molecule has 6 nitrogen and oxygen atoms in total. The third-order valence-corrected chi connectivity index (χ3v) is 5.89. The van der Waals surface area contributed by atoms with E-state index in [-0.39, 0.29) is 16.5 Å². The SMILES string of the molecule is CC/C(C)=C(/c1ccc(CC=C(C#N)C#N)o1)N(C)C(S)C1=CC=C(C#CC=C(C#N)C#N)C1. The number of rotatable bonds is 7. The molecule has 0 fully saturated rings. The van der Waals surface area contributed by atoms with Gasteiger partial charge < -0.3 is 9.32 Å². The molecule has 1 aromatic rings. The van der Waals surface area contributed by atoms with Gasteiger partial charge >= 0.3 is 0 Å². The van der Waals surface area contributed by atoms with Crippen molar-refractivity contribution in [3.05, 3.63) is 75.8 Å². The molecule has 0 N–H and O–H groups in total. The Balaban J connectivity index is 2.19. The summed E-state index contributed by atoms with van der Waals surface area (Å²) >= 11 is 4.86. The van der Waals surface area contributed by atoms with Crippen LogP contribution in [0.15, 0.2) is 68.7 Å². The molecule has 1 atom stereocenters. The smallest absolute Gasteiger partial charge is 0.150 e. The normalized spacial score (nSPS) is 13.2. The molecule has 1 aromatic heterocycles. The Hall–Kier alpha value is -4.35. The minimum atomic E-state index is -0.228. The first-order valence-electron chi connectivity index (χ1n) is 10.5. The molecule has 0 aliphatic heterocycles. The molecular formula is C27H23N5OS. The first kappa shape index (κ1) is 25.9. The molecule has 0 aromatic carbocycles. The Kier molecular flexibility index (Phi) is 9.62. The predicted molar refractivity (Wildman–Crippen MR) is 133 cm³/mol. The Morgan fingerprint density at radius 3 is 2.41 bits per heavy atom. The highest BCUT2D eigenvalue weighted by Crippen LogP contribution is 2.33. The quantitative estimate of drug-likeness (QED) is 0.251. The van der Waals surface area contributed by atoms with Crippen molar-refractivity contribution in [2.75, 3.05) is 7.05 Å². The van der Waals surface area contributed by atoms with Gasteiger partial charge in [0.2, 0.25) is 0 Å². The summed E-state index contributed by atoms with van der Waals surface area (Å²) in [5, 5.41) is 35.2. The van der Waals surface area contributed by atoms with E-state index in [0.717, 1.165) is 28.8 Å². The number of likely N-dealkylation sites (N-methyl/N-ethyl adjacent to an activating group) is 1. The zero-order chi connectivity index (χ0) is 25.1. The van der Waals surface area contributed by atoms with Crippen molar-refractivity contribution in [2.24, 2.45) is 0 Å². The fourth-order valence-electron chi connectivity index (χ4n) is 3.26. The van der Waals surface area contributed by atoms with Crippen molar-refractivity contribution >= 4 is 18.3 Å². The van der Waals surface area contributed by atoms with Crippen LogP contribution in [0.3, 0.4) is 0 Å². The van der Waals surface area contributed by atoms with Crippen LogP contribution in [-0.4, -0.2) is 17.3 Å². The van der Waals surface area contributed by atoms with Crippen LogP contribution in [0.5, 0.6) is 0 Å². The fraction of sp³-hybridized carbons (Fsp3) is 0.259. The maximum absolute atomic E-state index is 8.91. The average Bonchev–Trinajstić information content (AvgIpc) is 3.52. The molecule has 34 heavy (non-hydrogen) atoms. The van der Waals surface area contributed by atoms with Gasteiger partial charge in [0.15, 0.2) is 0 Å². The molecule has 1 heterocycles. The number of allylic oxidation sites excluding steroid dienone is 8. The van der Waals surface area contributed by atoms with Gasteiger partial charge in [-0.05, 0) is 42.7 Å². The molecule has 0 amide bonds. The topological polar surface area (TPSA) is 112 Å². The van der Waals surface area contributed by atoms with E-state index in [1.807, 2.05) is 50.4 Å². The first-order chi connectivity index (χ1) is 16.4. The number of hydrogen-bond acceptors (Lipinski definition) is 7. The van der Waals surface area contributed by atoms with Gasteiger partial charge in [0.25, 0.3) is 0 Å². The summed E-state index contributed by atoms with van der Waals surface area (Å²) in [5.41, 5.74) is 4.02. The van der Waals surface area contributed by atoms with Crippen LogP contribution in [0.25, 0.3) is 5.70 Å². The zero-order valence-corrected chi connectivity index (χ0v) is 20.1. The lowest BCUT2D eigenvalue weighted by atomic mass is 10.1. The summed E-state index contributed by atoms with van der Waals surface area (Å²) in [5.74, 6) is 7.09. The number of furan rings is 1. The molecule has 0 spiro atoms. The molecule has 1 aliphatic carbocycles. The second-order valence-corrected chi connectivity index (χ2v) is 7.93. The molecule has 7 heteroatoms. The van der Waals surface area contributed by atoms with Crippen molar-refractivity contribution in [1.82, 2.24) is 4.90 Å². The van der Waals surface area contributed by atoms with E-state index in [0.29, 0.717) is 24.4 Å². The van der Waals surface area contributed by atoms with Crippen molar-refractivity contribution in [2.45, 2.75) is 38.5 Å². The lowest BCUT2D eigenvalue weighted by Crippen LogP contribution is -2.28. The summed E-state index contributed by atoms with van der Waals surface area (Å²) in [4.78, 5) is 2.05. The first-order valence-corrected chi connectivity index (χ1v) is 11.0. The highest BCUT2D eigenvalue weighted by Gasteiger charge is 2.24. The van der Waals surface area contributed by atoms with E-state index in [2.05, 4.69) is 23.7 Å². The Morgan fingerprint density at radius 2 is 1.79 bits per heavy atom. The van der Waals surface area contributed by atoms with Gasteiger partial charge in [-0.3, -0.25) is 0 Å². The van der Waals surface area contributed by atoms with Gasteiger partial charge in [-0.25, -0.2) is 0 Å². The predicted octanol–water partition coefficient (Wildman–Crippen LogP) is 5.36. The number of nitrogens with zero attached hydrogens (tertiary/aromatic N) is 5. The molecule has 2 rings (SSSR count). The van der Waals surface area contributed by atoms with Crippen molar-refractivity contribution < 1.29 is 4.42 Å². The maximum atomic E-state index is 8.91. The Labute approximate surface area is 206 Å². The second kappa shape index (κ2) is 12.6. The van der Waals surface area contributed by atoms with Crippen LogP contribution in [0.2, 0.25) is 0 Å². The summed E-state index contributed by atoms with van der Waals surface area (Å²) in [7, 11) is 1.96. The monoisotopic (exact) mass is 465 g/mol. The van der Waals surface area contributed by atoms with Gasteiger partial charge in [0.05, 0.1) is 11.1 Å². The largest absolute Gasteiger partial charge is 0.459 e. The number of nitriles is 4. The van der Waals surface area contributed by atoms with E-state index in [4.69, 9.17) is 38.1 Å². The van der Waals surface area contributed by atoms with E-state index in [1.54, 1.807) is 18.2 Å². The third-order valence-electron chi connectivity index (χ3n) is 5.21. The van der Waals surface area contributed by atoms with Gasteiger partial charge in [0.1, 0.15) is 46.9 Å². The van der Waals surface area contributed by atoms with E-state index in [9.17, 15) is 0 Å². The molecule has 0 bridgehead atoms. The third kappa shape index (κ3) is 6.58. The summed E-state index contributed by atoms with van der Waals surface area (Å²) in [6.45, 7) is 4.12. The van der Waals surface area contributed by atoms with Crippen LogP contribution < -0.4 is 0 Å². The van der Waals surface area contributed by atoms with Crippen LogP contribution in [0, 0.1) is 57.2 Å². The van der Waals surface area contributed by atoms with Crippen LogP contribution in [0.4, 0.5) is 0 Å². The molecular weight excluding hydrogens is 442 g/mol. The van der Waals surface area contributed by atoms with E-state index >= 15 is 0 Å². The highest BCUT2D eigenvalue weighted by atomic mass is 32.1. The van der Waals surface area contributed by atoms with Gasteiger partial charge in [-0.2, -0.15) is 33.7 Å². The van der Waals surface area contributed by atoms with Crippen molar-refractivity contribution in [1.29, 1.82) is 21.0 Å². The molecule has 0 saturated heterocycles. The average molecular weight is 466 g/mol. The number of thiol groups is 1. The molecule has 1 aliphatic rings. The fourth-order valence-corrected chi connectivity index (χ4v) is 3.55. The molecule has 0 radical (unpaired) electrons. The second-order valence-electron chi connectivity index (χ2n) is 7.44. The molecule has 168 valence electrons. The summed E-state index contributed by atoms with van der Waals surface area (Å²) in [6.07, 6.45) is 8.56. The van der Waals surface area contributed by atoms with Crippen LogP contribution in [0.1, 0.15) is 38.2 Å². The molecule has 0 saturated carbocycles. The van der Waals surface area contributed by atoms with Crippen molar-refractivity contribution in [3.8, 4) is 36.1 Å². The van der Waals surface area contributed by atoms with Gasteiger partial charge in [0, 0.05) is 31.5 Å². The zero-order valence-electron chi connectivity index (χ0n) is 19.3. The minimum Gasteiger partial charge on any atom is -0.459 e. The Bertz CT molecular complexity index is 1300. The minimum absolute atomic E-state index is 0.0271. The van der Waals surface area contributed by atoms with Gasteiger partial charge in [-0.1, -0.05) is 30.9 Å². The maximum Gasteiger partial charge on any atom is 0.150 e. The Morgan fingerprint density at radius 1 is 1.12 bits per heavy atom. The number of hydrogen-bond donors (Lipinski definition) is 1. The molecule has 1 unspecified atom stereocenters. The summed E-state index contributed by atoms with van der Waals surface area (Å²) < 4.78 is 6.05. The standard InChI is InChI=1S/C27H23N5OS/c1-4-19(2)26(25-13-12-24(33-25)11-9-22(17-30)18-31)32(3)27(34)23-10-8-20(14-23)6-5-7-21(15-28)16-29/h7-10,12-13,27,34H,4,11,14H2,1-3H3/b26-19-. The van der Waals surface area contributed by atoms with E-state index < -0.39 is 0 Å². The lowest BCUT2D eigenvalue weighted by Gasteiger charge is -2.30. The van der Waals surface area contributed by atoms with Crippen LogP contribution in [-0.2, 0) is 6.42 Å². The van der Waals surface area contributed by atoms with Gasteiger partial charge in [-0.15, -0.1) is 0 Å². The van der Waals surface area contributed by atoms with Crippen molar-refractivity contribution in [3.63, 3.8) is 0 Å². The lowest BCUT2D eigenvalue weighted by molar-refractivity contribution is 0.441. The van der Waals surface area contributed by atoms with E-state index in [1.165, 1.54) is 6.08 Å².